The Hall–Kier alpha value is -1.78. The van der Waals surface area contributed by atoms with Crippen LogP contribution in [0.5, 0.6) is 0 Å². The van der Waals surface area contributed by atoms with Gasteiger partial charge in [0, 0.05) is 11.8 Å². The molecule has 0 aliphatic rings. The van der Waals surface area contributed by atoms with Crippen molar-refractivity contribution in [2.24, 2.45) is 0 Å². The van der Waals surface area contributed by atoms with Crippen molar-refractivity contribution in [1.29, 1.82) is 0 Å². The zero-order chi connectivity index (χ0) is 11.4. The first kappa shape index (κ1) is 10.7. The molecule has 1 N–H and O–H groups in total. The minimum Gasteiger partial charge on any atom is -0.467 e. The molecule has 5 heteroatoms. The fourth-order valence-corrected chi connectivity index (χ4v) is 1.48. The average Bonchev–Trinajstić information content (AvgIpc) is 2.86. The van der Waals surface area contributed by atoms with E-state index in [1.807, 2.05) is 25.3 Å². The smallest absolute Gasteiger partial charge is 0.151 e. The van der Waals surface area contributed by atoms with Gasteiger partial charge in [-0.3, -0.25) is 4.68 Å². The van der Waals surface area contributed by atoms with Crippen LogP contribution in [0.25, 0.3) is 0 Å². The van der Waals surface area contributed by atoms with Crippen LogP contribution in [-0.4, -0.2) is 16.5 Å². The lowest BCUT2D eigenvalue weighted by molar-refractivity contribution is 0.427. The van der Waals surface area contributed by atoms with Crippen LogP contribution in [0.15, 0.2) is 29.0 Å². The predicted molar refractivity (Wildman–Crippen MR) is 59.0 cm³/mol. The van der Waals surface area contributed by atoms with E-state index < -0.39 is 6.67 Å². The molecular formula is C11H14FN3O. The molecule has 0 amide bonds. The summed E-state index contributed by atoms with van der Waals surface area (Å²) in [6, 6.07) is 3.73. The molecule has 0 bridgehead atoms. The fraction of sp³-hybridized carbons (Fsp3) is 0.364. The molecular weight excluding hydrogens is 209 g/mol. The van der Waals surface area contributed by atoms with Crippen molar-refractivity contribution >= 4 is 5.82 Å². The van der Waals surface area contributed by atoms with E-state index >= 15 is 0 Å². The second-order valence-corrected chi connectivity index (χ2v) is 3.55. The van der Waals surface area contributed by atoms with Crippen LogP contribution in [0.4, 0.5) is 10.2 Å². The van der Waals surface area contributed by atoms with Gasteiger partial charge in [-0.25, -0.2) is 4.39 Å². The van der Waals surface area contributed by atoms with Crippen LogP contribution >= 0.6 is 0 Å². The SMILES string of the molecule is Cc1cn(CCF)nc1NCc1ccco1. The Morgan fingerprint density at radius 3 is 3.12 bits per heavy atom. The number of hydrogen-bond acceptors (Lipinski definition) is 3. The van der Waals surface area contributed by atoms with Crippen molar-refractivity contribution in [3.05, 3.63) is 35.9 Å². The van der Waals surface area contributed by atoms with Gasteiger partial charge in [0.05, 0.1) is 19.4 Å². The van der Waals surface area contributed by atoms with Crippen LogP contribution in [-0.2, 0) is 13.1 Å². The van der Waals surface area contributed by atoms with Crippen molar-refractivity contribution in [2.45, 2.75) is 20.0 Å². The highest BCUT2D eigenvalue weighted by Crippen LogP contribution is 2.13. The minimum absolute atomic E-state index is 0.295. The van der Waals surface area contributed by atoms with E-state index in [4.69, 9.17) is 4.42 Å². The Labute approximate surface area is 93.1 Å². The highest BCUT2D eigenvalue weighted by molar-refractivity contribution is 5.41. The summed E-state index contributed by atoms with van der Waals surface area (Å²) in [5.41, 5.74) is 1.00. The lowest BCUT2D eigenvalue weighted by Gasteiger charge is -2.01. The number of hydrogen-bond donors (Lipinski definition) is 1. The second kappa shape index (κ2) is 4.83. The van der Waals surface area contributed by atoms with E-state index in [-0.39, 0.29) is 0 Å². The molecule has 2 aromatic rings. The van der Waals surface area contributed by atoms with Gasteiger partial charge in [-0.2, -0.15) is 5.10 Å². The first-order chi connectivity index (χ1) is 7.79. The number of halogens is 1. The number of anilines is 1. The fourth-order valence-electron chi connectivity index (χ4n) is 1.48. The van der Waals surface area contributed by atoms with Crippen molar-refractivity contribution in [3.8, 4) is 0 Å². The maximum atomic E-state index is 12.1. The summed E-state index contributed by atoms with van der Waals surface area (Å²) in [7, 11) is 0. The molecule has 0 saturated heterocycles. The number of furan rings is 1. The summed E-state index contributed by atoms with van der Waals surface area (Å²) in [6.07, 6.45) is 3.45. The van der Waals surface area contributed by atoms with Gasteiger partial charge in [-0.05, 0) is 19.1 Å². The number of nitrogens with one attached hydrogen (secondary N) is 1. The van der Waals surface area contributed by atoms with Crippen molar-refractivity contribution in [1.82, 2.24) is 9.78 Å². The third-order valence-electron chi connectivity index (χ3n) is 2.27. The molecule has 0 fully saturated rings. The molecule has 0 spiro atoms. The third-order valence-corrected chi connectivity index (χ3v) is 2.27. The molecule has 2 heterocycles. The predicted octanol–water partition coefficient (Wildman–Crippen LogP) is 2.37. The van der Waals surface area contributed by atoms with E-state index in [0.29, 0.717) is 13.1 Å². The number of alkyl halides is 1. The standard InChI is InChI=1S/C11H14FN3O/c1-9-8-15(5-4-12)14-11(9)13-7-10-3-2-6-16-10/h2-3,6,8H,4-5,7H2,1H3,(H,13,14). The Kier molecular flexibility index (Phi) is 3.24. The molecule has 16 heavy (non-hydrogen) atoms. The van der Waals surface area contributed by atoms with Crippen LogP contribution in [0, 0.1) is 6.92 Å². The molecule has 0 saturated carbocycles. The second-order valence-electron chi connectivity index (χ2n) is 3.55. The van der Waals surface area contributed by atoms with Crippen LogP contribution in [0.2, 0.25) is 0 Å². The van der Waals surface area contributed by atoms with Gasteiger partial charge in [0.25, 0.3) is 0 Å². The molecule has 0 aliphatic heterocycles. The van der Waals surface area contributed by atoms with Crippen LogP contribution in [0.3, 0.4) is 0 Å². The summed E-state index contributed by atoms with van der Waals surface area (Å²) in [5.74, 6) is 1.62. The molecule has 2 rings (SSSR count). The Bertz CT molecular complexity index is 436. The van der Waals surface area contributed by atoms with Crippen molar-refractivity contribution < 1.29 is 8.81 Å². The number of aromatic nitrogens is 2. The molecule has 86 valence electrons. The molecule has 0 aliphatic carbocycles. The zero-order valence-corrected chi connectivity index (χ0v) is 9.11. The van der Waals surface area contributed by atoms with Gasteiger partial charge in [0.1, 0.15) is 12.4 Å². The lowest BCUT2D eigenvalue weighted by Crippen LogP contribution is -2.03. The molecule has 2 aromatic heterocycles. The molecule has 0 atom stereocenters. The summed E-state index contributed by atoms with van der Waals surface area (Å²) in [5, 5.41) is 7.37. The van der Waals surface area contributed by atoms with Crippen molar-refractivity contribution in [3.63, 3.8) is 0 Å². The van der Waals surface area contributed by atoms with E-state index in [9.17, 15) is 4.39 Å². The summed E-state index contributed by atoms with van der Waals surface area (Å²) >= 11 is 0. The lowest BCUT2D eigenvalue weighted by atomic mass is 10.3. The first-order valence-corrected chi connectivity index (χ1v) is 5.16. The summed E-state index contributed by atoms with van der Waals surface area (Å²) < 4.78 is 18.9. The molecule has 4 nitrogen and oxygen atoms in total. The number of nitrogens with zero attached hydrogens (tertiary/aromatic N) is 2. The topological polar surface area (TPSA) is 43.0 Å². The van der Waals surface area contributed by atoms with Gasteiger partial charge in [0.15, 0.2) is 5.82 Å². The van der Waals surface area contributed by atoms with E-state index in [1.165, 1.54) is 0 Å². The third kappa shape index (κ3) is 2.42. The molecule has 0 aromatic carbocycles. The molecule has 0 unspecified atom stereocenters. The van der Waals surface area contributed by atoms with E-state index in [2.05, 4.69) is 10.4 Å². The van der Waals surface area contributed by atoms with Gasteiger partial charge in [-0.15, -0.1) is 0 Å². The highest BCUT2D eigenvalue weighted by atomic mass is 19.1. The van der Waals surface area contributed by atoms with Gasteiger partial charge >= 0.3 is 0 Å². The van der Waals surface area contributed by atoms with Crippen LogP contribution in [0.1, 0.15) is 11.3 Å². The normalized spacial score (nSPS) is 10.6. The Morgan fingerprint density at radius 2 is 2.44 bits per heavy atom. The summed E-state index contributed by atoms with van der Waals surface area (Å²) in [4.78, 5) is 0. The van der Waals surface area contributed by atoms with Crippen LogP contribution < -0.4 is 5.32 Å². The number of rotatable bonds is 5. The number of aryl methyl sites for hydroxylation is 2. The zero-order valence-electron chi connectivity index (χ0n) is 9.11. The maximum absolute atomic E-state index is 12.1. The molecule has 0 radical (unpaired) electrons. The first-order valence-electron chi connectivity index (χ1n) is 5.16. The highest BCUT2D eigenvalue weighted by Gasteiger charge is 2.05. The minimum atomic E-state index is -0.404. The Morgan fingerprint density at radius 1 is 1.56 bits per heavy atom. The summed E-state index contributed by atoms with van der Waals surface area (Å²) in [6.45, 7) is 2.41. The Balaban J connectivity index is 1.98. The monoisotopic (exact) mass is 223 g/mol. The van der Waals surface area contributed by atoms with E-state index in [0.717, 1.165) is 17.1 Å². The quantitative estimate of drug-likeness (QED) is 0.846. The maximum Gasteiger partial charge on any atom is 0.151 e. The average molecular weight is 223 g/mol. The van der Waals surface area contributed by atoms with Gasteiger partial charge in [0.2, 0.25) is 0 Å². The van der Waals surface area contributed by atoms with E-state index in [1.54, 1.807) is 10.9 Å². The van der Waals surface area contributed by atoms with Crippen molar-refractivity contribution in [2.75, 3.05) is 12.0 Å². The largest absolute Gasteiger partial charge is 0.467 e. The van der Waals surface area contributed by atoms with Gasteiger partial charge < -0.3 is 9.73 Å². The van der Waals surface area contributed by atoms with Gasteiger partial charge in [-0.1, -0.05) is 0 Å².